The Bertz CT molecular complexity index is 917. The van der Waals surface area contributed by atoms with Crippen LogP contribution in [0.5, 0.6) is 0 Å². The second kappa shape index (κ2) is 10.8. The minimum absolute atomic E-state index is 0.0785. The maximum absolute atomic E-state index is 14.9. The summed E-state index contributed by atoms with van der Waals surface area (Å²) >= 11 is 6.00. The number of hydrogen-bond donors (Lipinski definition) is 0. The van der Waals surface area contributed by atoms with Gasteiger partial charge in [0.25, 0.3) is 0 Å². The molecule has 0 radical (unpaired) electrons. The van der Waals surface area contributed by atoms with Gasteiger partial charge >= 0.3 is 6.18 Å². The molecule has 2 aromatic carbocycles. The van der Waals surface area contributed by atoms with Gasteiger partial charge in [-0.25, -0.2) is 8.78 Å². The van der Waals surface area contributed by atoms with Crippen molar-refractivity contribution in [1.82, 2.24) is 0 Å². The highest BCUT2D eigenvalue weighted by Gasteiger charge is 2.24. The molecule has 1 fully saturated rings. The van der Waals surface area contributed by atoms with E-state index in [-0.39, 0.29) is 27.8 Å². The van der Waals surface area contributed by atoms with Crippen molar-refractivity contribution in [2.75, 3.05) is 0 Å². The summed E-state index contributed by atoms with van der Waals surface area (Å²) in [6.45, 7) is 2.21. The second-order valence-corrected chi connectivity index (χ2v) is 9.09. The lowest BCUT2D eigenvalue weighted by atomic mass is 9.77. The molecule has 0 aromatic heterocycles. The van der Waals surface area contributed by atoms with E-state index in [0.29, 0.717) is 12.0 Å². The van der Waals surface area contributed by atoms with Crippen molar-refractivity contribution in [1.29, 1.82) is 0 Å². The SMILES string of the molecule is CCCCCC1CCC(c2ccc(-c3cc(F)c(/C=C/C(F)(F)F)c(Cl)c3)c(F)c2)CC1. The lowest BCUT2D eigenvalue weighted by Gasteiger charge is -2.29. The van der Waals surface area contributed by atoms with Gasteiger partial charge in [0.15, 0.2) is 0 Å². The molecule has 0 bridgehead atoms. The van der Waals surface area contributed by atoms with E-state index in [0.717, 1.165) is 43.2 Å². The molecular weight excluding hydrogens is 443 g/mol. The van der Waals surface area contributed by atoms with E-state index >= 15 is 0 Å². The van der Waals surface area contributed by atoms with Crippen LogP contribution in [0.4, 0.5) is 22.0 Å². The van der Waals surface area contributed by atoms with Crippen LogP contribution < -0.4 is 0 Å². The first-order chi connectivity index (χ1) is 15.2. The van der Waals surface area contributed by atoms with E-state index in [1.165, 1.54) is 37.8 Å². The van der Waals surface area contributed by atoms with Crippen LogP contribution >= 0.6 is 11.6 Å². The Kier molecular flexibility index (Phi) is 8.37. The molecule has 0 heterocycles. The zero-order valence-electron chi connectivity index (χ0n) is 18.1. The first kappa shape index (κ1) is 24.8. The Balaban J connectivity index is 1.73. The predicted octanol–water partition coefficient (Wildman–Crippen LogP) is 9.71. The Morgan fingerprint density at radius 3 is 2.28 bits per heavy atom. The Hall–Kier alpha value is -1.88. The maximum Gasteiger partial charge on any atom is 0.409 e. The van der Waals surface area contributed by atoms with Gasteiger partial charge < -0.3 is 0 Å². The van der Waals surface area contributed by atoms with E-state index in [9.17, 15) is 22.0 Å². The first-order valence-corrected chi connectivity index (χ1v) is 11.6. The monoisotopic (exact) mass is 470 g/mol. The highest BCUT2D eigenvalue weighted by molar-refractivity contribution is 6.32. The number of benzene rings is 2. The lowest BCUT2D eigenvalue weighted by Crippen LogP contribution is -2.13. The van der Waals surface area contributed by atoms with E-state index < -0.39 is 17.8 Å². The topological polar surface area (TPSA) is 0 Å². The number of hydrogen-bond acceptors (Lipinski definition) is 0. The van der Waals surface area contributed by atoms with Gasteiger partial charge in [-0.1, -0.05) is 56.3 Å². The molecule has 0 amide bonds. The number of unbranched alkanes of at least 4 members (excludes halogenated alkanes) is 2. The minimum atomic E-state index is -4.58. The van der Waals surface area contributed by atoms with Crippen molar-refractivity contribution in [2.24, 2.45) is 5.92 Å². The van der Waals surface area contributed by atoms with Crippen LogP contribution in [0.25, 0.3) is 17.2 Å². The first-order valence-electron chi connectivity index (χ1n) is 11.2. The molecule has 2 aromatic rings. The van der Waals surface area contributed by atoms with Crippen LogP contribution in [0, 0.1) is 17.6 Å². The van der Waals surface area contributed by atoms with Gasteiger partial charge in [0.1, 0.15) is 11.6 Å². The summed E-state index contributed by atoms with van der Waals surface area (Å²) in [7, 11) is 0. The minimum Gasteiger partial charge on any atom is -0.206 e. The van der Waals surface area contributed by atoms with Crippen LogP contribution in [0.15, 0.2) is 36.4 Å². The molecule has 0 aliphatic heterocycles. The third kappa shape index (κ3) is 6.57. The number of rotatable bonds is 7. The molecule has 0 unspecified atom stereocenters. The zero-order valence-corrected chi connectivity index (χ0v) is 18.9. The van der Waals surface area contributed by atoms with Crippen LogP contribution in [-0.4, -0.2) is 6.18 Å². The third-order valence-electron chi connectivity index (χ3n) is 6.36. The molecule has 1 aliphatic carbocycles. The molecule has 0 N–H and O–H groups in total. The van der Waals surface area contributed by atoms with Gasteiger partial charge in [0.2, 0.25) is 0 Å². The summed E-state index contributed by atoms with van der Waals surface area (Å²) in [4.78, 5) is 0. The Labute approximate surface area is 191 Å². The summed E-state index contributed by atoms with van der Waals surface area (Å²) in [5.41, 5.74) is 0.935. The van der Waals surface area contributed by atoms with Gasteiger partial charge in [-0.2, -0.15) is 13.2 Å². The van der Waals surface area contributed by atoms with Gasteiger partial charge in [-0.15, -0.1) is 0 Å². The van der Waals surface area contributed by atoms with Crippen LogP contribution in [0.2, 0.25) is 5.02 Å². The molecule has 6 heteroatoms. The Morgan fingerprint density at radius 1 is 0.969 bits per heavy atom. The summed E-state index contributed by atoms with van der Waals surface area (Å²) in [5.74, 6) is -0.340. The van der Waals surface area contributed by atoms with Crippen molar-refractivity contribution in [3.8, 4) is 11.1 Å². The van der Waals surface area contributed by atoms with E-state index in [1.807, 2.05) is 6.07 Å². The van der Waals surface area contributed by atoms with Gasteiger partial charge in [0.05, 0.1) is 5.02 Å². The predicted molar refractivity (Wildman–Crippen MR) is 121 cm³/mol. The maximum atomic E-state index is 14.9. The highest BCUT2D eigenvalue weighted by Crippen LogP contribution is 2.39. The molecule has 0 nitrogen and oxygen atoms in total. The lowest BCUT2D eigenvalue weighted by molar-refractivity contribution is -0.0790. The molecule has 3 rings (SSSR count). The average Bonchev–Trinajstić information content (AvgIpc) is 2.73. The van der Waals surface area contributed by atoms with Crippen LogP contribution in [0.1, 0.15) is 75.3 Å². The third-order valence-corrected chi connectivity index (χ3v) is 6.67. The number of halogens is 6. The Morgan fingerprint density at radius 2 is 1.69 bits per heavy atom. The second-order valence-electron chi connectivity index (χ2n) is 8.68. The van der Waals surface area contributed by atoms with Crippen LogP contribution in [0.3, 0.4) is 0 Å². The van der Waals surface area contributed by atoms with E-state index in [2.05, 4.69) is 6.92 Å². The van der Waals surface area contributed by atoms with Gasteiger partial charge in [-0.3, -0.25) is 0 Å². The molecule has 1 aliphatic rings. The van der Waals surface area contributed by atoms with Crippen molar-refractivity contribution in [3.63, 3.8) is 0 Å². The normalized spacial score (nSPS) is 19.6. The molecule has 0 atom stereocenters. The van der Waals surface area contributed by atoms with E-state index in [4.69, 9.17) is 11.6 Å². The molecular formula is C26H28ClF5. The van der Waals surface area contributed by atoms with Crippen molar-refractivity contribution in [3.05, 3.63) is 64.2 Å². The average molecular weight is 471 g/mol. The fourth-order valence-corrected chi connectivity index (χ4v) is 4.83. The molecule has 174 valence electrons. The summed E-state index contributed by atoms with van der Waals surface area (Å²) in [6, 6.07) is 7.28. The quantitative estimate of drug-likeness (QED) is 0.279. The zero-order chi connectivity index (χ0) is 23.3. The molecule has 0 saturated heterocycles. The smallest absolute Gasteiger partial charge is 0.206 e. The largest absolute Gasteiger partial charge is 0.409 e. The number of alkyl halides is 3. The van der Waals surface area contributed by atoms with Crippen molar-refractivity contribution in [2.45, 2.75) is 70.4 Å². The van der Waals surface area contributed by atoms with Gasteiger partial charge in [0, 0.05) is 17.2 Å². The van der Waals surface area contributed by atoms with E-state index in [1.54, 1.807) is 6.07 Å². The summed E-state index contributed by atoms with van der Waals surface area (Å²) in [5, 5.41) is -0.203. The highest BCUT2D eigenvalue weighted by atomic mass is 35.5. The summed E-state index contributed by atoms with van der Waals surface area (Å²) in [6.07, 6.45) is 5.37. The fourth-order valence-electron chi connectivity index (χ4n) is 4.56. The standard InChI is InChI=1S/C26H28ClF5/c1-2-3-4-5-17-6-8-18(9-7-17)19-10-11-21(24(28)15-19)20-14-23(27)22(25(29)16-20)12-13-26(30,31)32/h10-18H,2-9H2,1H3/b13-12+. The molecule has 1 saturated carbocycles. The molecule has 0 spiro atoms. The van der Waals surface area contributed by atoms with Crippen molar-refractivity contribution < 1.29 is 22.0 Å². The number of allylic oxidation sites excluding steroid dienone is 1. The van der Waals surface area contributed by atoms with Crippen molar-refractivity contribution >= 4 is 17.7 Å². The summed E-state index contributed by atoms with van der Waals surface area (Å²) < 4.78 is 66.5. The molecule has 32 heavy (non-hydrogen) atoms. The fraction of sp³-hybridized carbons (Fsp3) is 0.462. The van der Waals surface area contributed by atoms with Gasteiger partial charge in [-0.05, 0) is 72.9 Å². The van der Waals surface area contributed by atoms with Crippen LogP contribution in [-0.2, 0) is 0 Å².